The van der Waals surface area contributed by atoms with Crippen molar-refractivity contribution >= 4 is 0 Å². The summed E-state index contributed by atoms with van der Waals surface area (Å²) in [5, 5.41) is 0. The van der Waals surface area contributed by atoms with E-state index in [-0.39, 0.29) is 5.92 Å². The molecule has 5 heteroatoms. The molecule has 0 heterocycles. The molecule has 1 aromatic rings. The number of benzene rings is 1. The topological polar surface area (TPSA) is 9.23 Å². The molecule has 0 radical (unpaired) electrons. The largest absolute Gasteiger partial charge is 0.346 e. The van der Waals surface area contributed by atoms with Gasteiger partial charge in [0.15, 0.2) is 0 Å². The summed E-state index contributed by atoms with van der Waals surface area (Å²) in [5.41, 5.74) is -1.41. The van der Waals surface area contributed by atoms with E-state index in [1.165, 1.54) is 56.7 Å². The summed E-state index contributed by atoms with van der Waals surface area (Å²) < 4.78 is 61.2. The van der Waals surface area contributed by atoms with Crippen LogP contribution in [0.5, 0.6) is 0 Å². The molecule has 0 amide bonds. The Balaban J connectivity index is 1.44. The summed E-state index contributed by atoms with van der Waals surface area (Å²) in [6.07, 6.45) is 15.3. The highest BCUT2D eigenvalue weighted by Gasteiger charge is 2.47. The fraction of sp³-hybridized carbons (Fsp3) is 0.615. The van der Waals surface area contributed by atoms with Gasteiger partial charge in [0, 0.05) is 5.92 Å². The van der Waals surface area contributed by atoms with Crippen LogP contribution < -0.4 is 0 Å². The van der Waals surface area contributed by atoms with Crippen LogP contribution in [-0.4, -0.2) is 12.2 Å². The van der Waals surface area contributed by atoms with Crippen LogP contribution in [0.2, 0.25) is 0 Å². The maximum Gasteiger partial charge on any atom is 0.346 e. The molecule has 0 saturated heterocycles. The molecule has 1 nitrogen and oxygen atoms in total. The normalized spacial score (nSPS) is 31.9. The van der Waals surface area contributed by atoms with Crippen molar-refractivity contribution < 1.29 is 22.3 Å². The van der Waals surface area contributed by atoms with E-state index in [1.807, 2.05) is 0 Å². The quantitative estimate of drug-likeness (QED) is 0.310. The zero-order valence-electron chi connectivity index (χ0n) is 17.9. The first kappa shape index (κ1) is 22.6. The molecule has 1 aromatic carbocycles. The fourth-order valence-electron chi connectivity index (χ4n) is 5.93. The van der Waals surface area contributed by atoms with E-state index >= 15 is 4.39 Å². The van der Waals surface area contributed by atoms with Gasteiger partial charge in [-0.3, -0.25) is 0 Å². The van der Waals surface area contributed by atoms with Crippen molar-refractivity contribution in [2.24, 2.45) is 17.8 Å². The molecule has 3 aliphatic carbocycles. The molecule has 2 saturated carbocycles. The van der Waals surface area contributed by atoms with Gasteiger partial charge in [-0.25, -0.2) is 8.78 Å². The number of hydrogen-bond donors (Lipinski definition) is 0. The Morgan fingerprint density at radius 2 is 1.55 bits per heavy atom. The van der Waals surface area contributed by atoms with Crippen LogP contribution in [0.25, 0.3) is 0 Å². The molecule has 2 unspecified atom stereocenters. The van der Waals surface area contributed by atoms with Gasteiger partial charge in [0.25, 0.3) is 0 Å². The minimum atomic E-state index is -3.08. The second-order valence-electron chi connectivity index (χ2n) is 9.54. The second kappa shape index (κ2) is 9.89. The highest BCUT2D eigenvalue weighted by atomic mass is 19.3. The maximum absolute atomic E-state index is 15.4. The van der Waals surface area contributed by atoms with Gasteiger partial charge in [-0.2, -0.15) is 8.78 Å². The van der Waals surface area contributed by atoms with Gasteiger partial charge in [-0.1, -0.05) is 75.6 Å². The van der Waals surface area contributed by atoms with E-state index in [2.05, 4.69) is 0 Å². The second-order valence-corrected chi connectivity index (χ2v) is 9.54. The third-order valence-electron chi connectivity index (χ3n) is 7.71. The van der Waals surface area contributed by atoms with Crippen molar-refractivity contribution in [1.29, 1.82) is 0 Å². The maximum atomic E-state index is 15.4. The smallest absolute Gasteiger partial charge is 0.304 e. The van der Waals surface area contributed by atoms with Gasteiger partial charge in [0.1, 0.15) is 17.2 Å². The number of hydrogen-bond acceptors (Lipinski definition) is 1. The molecule has 31 heavy (non-hydrogen) atoms. The Morgan fingerprint density at radius 3 is 2.16 bits per heavy atom. The Labute approximate surface area is 182 Å². The standard InChI is InChI=1S/C26H32F4O/c27-23-8-4-3-7-22(23)20-15-16-26(24(28)17-20,31-25(29)30)21-13-11-19(12-14-21)10-9-18-5-1-2-6-18/h3-4,7-8,15-21,25H,1-2,5-6,9-14H2/t19-,20?,21-,26?. The van der Waals surface area contributed by atoms with Crippen LogP contribution in [0.4, 0.5) is 17.6 Å². The van der Waals surface area contributed by atoms with E-state index in [4.69, 9.17) is 4.74 Å². The van der Waals surface area contributed by atoms with Gasteiger partial charge < -0.3 is 4.74 Å². The van der Waals surface area contributed by atoms with Crippen LogP contribution in [0.15, 0.2) is 48.3 Å². The molecule has 0 aromatic heterocycles. The van der Waals surface area contributed by atoms with Crippen LogP contribution in [0, 0.1) is 23.6 Å². The van der Waals surface area contributed by atoms with Crippen LogP contribution in [0.3, 0.4) is 0 Å². The number of ether oxygens (including phenoxy) is 1. The monoisotopic (exact) mass is 436 g/mol. The van der Waals surface area contributed by atoms with Gasteiger partial charge >= 0.3 is 6.61 Å². The van der Waals surface area contributed by atoms with Gasteiger partial charge in [-0.15, -0.1) is 0 Å². The third kappa shape index (κ3) is 5.08. The van der Waals surface area contributed by atoms with Crippen molar-refractivity contribution in [2.75, 3.05) is 0 Å². The van der Waals surface area contributed by atoms with Crippen LogP contribution in [0.1, 0.15) is 75.7 Å². The minimum Gasteiger partial charge on any atom is -0.304 e. The lowest BCUT2D eigenvalue weighted by Gasteiger charge is -2.42. The van der Waals surface area contributed by atoms with Gasteiger partial charge in [0.2, 0.25) is 0 Å². The molecular weight excluding hydrogens is 404 g/mol. The molecule has 4 rings (SSSR count). The van der Waals surface area contributed by atoms with Crippen molar-refractivity contribution in [2.45, 2.75) is 82.3 Å². The Kier molecular flexibility index (Phi) is 7.20. The molecule has 0 spiro atoms. The number of halogens is 4. The molecule has 0 N–H and O–H groups in total. The van der Waals surface area contributed by atoms with E-state index in [0.29, 0.717) is 24.3 Å². The molecule has 0 aliphatic heterocycles. The molecule has 170 valence electrons. The summed E-state index contributed by atoms with van der Waals surface area (Å²) >= 11 is 0. The van der Waals surface area contributed by atoms with Crippen molar-refractivity contribution in [3.63, 3.8) is 0 Å². The first-order valence-electron chi connectivity index (χ1n) is 11.8. The first-order chi connectivity index (χ1) is 15.0. The van der Waals surface area contributed by atoms with E-state index in [1.54, 1.807) is 24.3 Å². The average molecular weight is 437 g/mol. The summed E-state index contributed by atoms with van der Waals surface area (Å²) in [6, 6.07) is 6.16. The summed E-state index contributed by atoms with van der Waals surface area (Å²) in [7, 11) is 0. The lowest BCUT2D eigenvalue weighted by Crippen LogP contribution is -2.44. The summed E-state index contributed by atoms with van der Waals surface area (Å²) in [4.78, 5) is 0. The molecular formula is C26H32F4O. The lowest BCUT2D eigenvalue weighted by atomic mass is 9.69. The molecule has 2 atom stereocenters. The van der Waals surface area contributed by atoms with Crippen LogP contribution in [-0.2, 0) is 4.74 Å². The predicted molar refractivity (Wildman–Crippen MR) is 114 cm³/mol. The van der Waals surface area contributed by atoms with Crippen LogP contribution >= 0.6 is 0 Å². The average Bonchev–Trinajstić information content (AvgIpc) is 3.28. The Bertz CT molecular complexity index is 790. The highest BCUT2D eigenvalue weighted by molar-refractivity contribution is 5.39. The third-order valence-corrected chi connectivity index (χ3v) is 7.71. The molecule has 0 bridgehead atoms. The predicted octanol–water partition coefficient (Wildman–Crippen LogP) is 8.09. The van der Waals surface area contributed by atoms with E-state index in [0.717, 1.165) is 18.8 Å². The van der Waals surface area contributed by atoms with E-state index < -0.39 is 29.8 Å². The van der Waals surface area contributed by atoms with Crippen molar-refractivity contribution in [3.8, 4) is 0 Å². The van der Waals surface area contributed by atoms with E-state index in [9.17, 15) is 13.2 Å². The first-order valence-corrected chi connectivity index (χ1v) is 11.8. The van der Waals surface area contributed by atoms with Gasteiger partial charge in [-0.05, 0) is 54.4 Å². The SMILES string of the molecule is FC1=CC(c2ccccc2F)C=CC1(OC(F)F)[C@H]1CC[C@H](CCC2CCCC2)CC1. The number of rotatable bonds is 7. The molecule has 3 aliphatic rings. The minimum absolute atomic E-state index is 0.329. The Hall–Kier alpha value is -1.62. The fourth-order valence-corrected chi connectivity index (χ4v) is 5.93. The zero-order valence-corrected chi connectivity index (χ0v) is 17.9. The zero-order chi connectivity index (χ0) is 21.8. The Morgan fingerprint density at radius 1 is 0.903 bits per heavy atom. The summed E-state index contributed by atoms with van der Waals surface area (Å²) in [5.74, 6) is -0.685. The number of alkyl halides is 2. The van der Waals surface area contributed by atoms with Crippen molar-refractivity contribution in [1.82, 2.24) is 0 Å². The highest BCUT2D eigenvalue weighted by Crippen LogP contribution is 2.48. The van der Waals surface area contributed by atoms with Gasteiger partial charge in [0.05, 0.1) is 0 Å². The lowest BCUT2D eigenvalue weighted by molar-refractivity contribution is -0.205. The number of allylic oxidation sites excluding steroid dienone is 2. The summed E-state index contributed by atoms with van der Waals surface area (Å²) in [6.45, 7) is -3.08. The molecule has 2 fully saturated rings. The van der Waals surface area contributed by atoms with Crippen molar-refractivity contribution in [3.05, 3.63) is 59.7 Å².